The molecule has 0 radical (unpaired) electrons. The topological polar surface area (TPSA) is 162 Å². The molecular weight excluding hydrogens is 432 g/mol. The predicted molar refractivity (Wildman–Crippen MR) is 114 cm³/mol. The van der Waals surface area contributed by atoms with E-state index in [0.717, 1.165) is 12.1 Å². The van der Waals surface area contributed by atoms with Crippen molar-refractivity contribution in [2.75, 3.05) is 5.32 Å². The second-order valence-electron chi connectivity index (χ2n) is 7.53. The van der Waals surface area contributed by atoms with Gasteiger partial charge in [0.1, 0.15) is 23.4 Å². The molecule has 33 heavy (non-hydrogen) atoms. The highest BCUT2D eigenvalue weighted by Crippen LogP contribution is 2.36. The Morgan fingerprint density at radius 1 is 1.15 bits per heavy atom. The van der Waals surface area contributed by atoms with E-state index in [1.807, 2.05) is 6.07 Å². The molecule has 1 saturated carbocycles. The number of carbonyl (C=O) groups is 2. The minimum atomic E-state index is -0.853. The molecule has 2 aromatic heterocycles. The van der Waals surface area contributed by atoms with E-state index < -0.39 is 11.1 Å². The molecule has 1 aromatic carbocycles. The van der Waals surface area contributed by atoms with Crippen molar-refractivity contribution in [2.45, 2.75) is 38.2 Å². The number of nitrogens with one attached hydrogen (secondary N) is 2. The van der Waals surface area contributed by atoms with Crippen LogP contribution in [0.5, 0.6) is 5.75 Å². The lowest BCUT2D eigenvalue weighted by atomic mass is 10.0. The number of non-ortho nitro benzene ring substituents is 1. The van der Waals surface area contributed by atoms with Gasteiger partial charge in [0.25, 0.3) is 5.69 Å². The summed E-state index contributed by atoms with van der Waals surface area (Å²) in [7, 11) is 0. The number of nitrogens with zero attached hydrogens (tertiary/aromatic N) is 4. The molecule has 0 bridgehead atoms. The Morgan fingerprint density at radius 2 is 1.94 bits per heavy atom. The summed E-state index contributed by atoms with van der Waals surface area (Å²) < 4.78 is 10.5. The number of hydrogen-bond donors (Lipinski definition) is 2. The lowest BCUT2D eigenvalue weighted by molar-refractivity contribution is -0.384. The molecule has 2 atom stereocenters. The Kier molecular flexibility index (Phi) is 6.24. The molecule has 2 N–H and O–H groups in total. The van der Waals surface area contributed by atoms with Crippen LogP contribution in [0.25, 0.3) is 0 Å². The normalized spacial score (nSPS) is 17.4. The van der Waals surface area contributed by atoms with E-state index in [1.165, 1.54) is 43.6 Å². The number of H-pyrrole nitrogens is 1. The zero-order chi connectivity index (χ0) is 23.4. The summed E-state index contributed by atoms with van der Waals surface area (Å²) in [5.41, 5.74) is 1.08. The molecule has 1 aliphatic rings. The van der Waals surface area contributed by atoms with Gasteiger partial charge in [-0.25, -0.2) is 14.8 Å². The molecule has 1 fully saturated rings. The molecule has 170 valence electrons. The lowest BCUT2D eigenvalue weighted by Crippen LogP contribution is -2.18. The summed E-state index contributed by atoms with van der Waals surface area (Å²) >= 11 is 0. The first-order valence-corrected chi connectivity index (χ1v) is 10.2. The van der Waals surface area contributed by atoms with E-state index >= 15 is 0 Å². The molecule has 4 rings (SSSR count). The zero-order valence-electron chi connectivity index (χ0n) is 17.6. The predicted octanol–water partition coefficient (Wildman–Crippen LogP) is 3.91. The summed E-state index contributed by atoms with van der Waals surface area (Å²) in [6.07, 6.45) is 3.75. The van der Waals surface area contributed by atoms with E-state index in [4.69, 9.17) is 9.47 Å². The third-order valence-corrected chi connectivity index (χ3v) is 5.20. The molecule has 2 heterocycles. The number of carbonyl (C=O) groups excluding carboxylic acids is 2. The fourth-order valence-corrected chi connectivity index (χ4v) is 3.54. The van der Waals surface area contributed by atoms with Crippen molar-refractivity contribution >= 4 is 29.3 Å². The average molecular weight is 452 g/mol. The van der Waals surface area contributed by atoms with Crippen molar-refractivity contribution in [3.8, 4) is 5.75 Å². The first kappa shape index (κ1) is 21.9. The van der Waals surface area contributed by atoms with Gasteiger partial charge in [-0.15, -0.1) is 0 Å². The molecular formula is C21H20N6O6. The number of nitro benzene ring substituents is 1. The summed E-state index contributed by atoms with van der Waals surface area (Å²) in [6.45, 7) is 1.42. The molecule has 0 saturated heterocycles. The molecule has 1 aliphatic carbocycles. The number of ether oxygens (including phenoxy) is 2. The van der Waals surface area contributed by atoms with Gasteiger partial charge in [-0.3, -0.25) is 20.0 Å². The Morgan fingerprint density at radius 3 is 2.61 bits per heavy atom. The second-order valence-corrected chi connectivity index (χ2v) is 7.53. The van der Waals surface area contributed by atoms with Crippen LogP contribution in [0.15, 0.2) is 42.7 Å². The van der Waals surface area contributed by atoms with Crippen molar-refractivity contribution < 1.29 is 24.0 Å². The quantitative estimate of drug-likeness (QED) is 0.177. The number of aromatic nitrogens is 4. The first-order valence-electron chi connectivity index (χ1n) is 10.2. The van der Waals surface area contributed by atoms with Gasteiger partial charge in [-0.05, 0) is 31.4 Å². The number of Topliss-reactive ketones (excluding diaryl/α,β-unsaturated/α-hetero) is 1. The van der Waals surface area contributed by atoms with Gasteiger partial charge in [-0.2, -0.15) is 5.10 Å². The highest BCUT2D eigenvalue weighted by Gasteiger charge is 2.30. The average Bonchev–Trinajstić information content (AvgIpc) is 3.44. The lowest BCUT2D eigenvalue weighted by Gasteiger charge is -2.12. The van der Waals surface area contributed by atoms with Crippen molar-refractivity contribution in [1.82, 2.24) is 20.2 Å². The van der Waals surface area contributed by atoms with Gasteiger partial charge in [0.15, 0.2) is 11.6 Å². The van der Waals surface area contributed by atoms with Crippen molar-refractivity contribution in [2.24, 2.45) is 0 Å². The largest absolute Gasteiger partial charge is 0.514 e. The van der Waals surface area contributed by atoms with Gasteiger partial charge < -0.3 is 14.8 Å². The van der Waals surface area contributed by atoms with Crippen LogP contribution in [0.4, 0.5) is 22.1 Å². The number of nitro groups is 1. The molecule has 0 spiro atoms. The van der Waals surface area contributed by atoms with E-state index in [9.17, 15) is 19.7 Å². The Balaban J connectivity index is 1.28. The maximum absolute atomic E-state index is 12.1. The van der Waals surface area contributed by atoms with Crippen LogP contribution in [0, 0.1) is 10.1 Å². The monoisotopic (exact) mass is 452 g/mol. The molecule has 0 amide bonds. The van der Waals surface area contributed by atoms with Crippen LogP contribution in [0.3, 0.4) is 0 Å². The van der Waals surface area contributed by atoms with E-state index in [2.05, 4.69) is 25.5 Å². The third-order valence-electron chi connectivity index (χ3n) is 5.20. The van der Waals surface area contributed by atoms with Gasteiger partial charge >= 0.3 is 6.16 Å². The van der Waals surface area contributed by atoms with Crippen LogP contribution in [0.2, 0.25) is 0 Å². The van der Waals surface area contributed by atoms with Crippen LogP contribution in [-0.2, 0) is 4.74 Å². The Labute approximate surface area is 187 Å². The van der Waals surface area contributed by atoms with E-state index in [0.29, 0.717) is 24.5 Å². The number of anilines is 2. The number of aromatic amines is 1. The van der Waals surface area contributed by atoms with Gasteiger partial charge in [0.05, 0.1) is 17.3 Å². The molecule has 3 aromatic rings. The van der Waals surface area contributed by atoms with Crippen LogP contribution in [0.1, 0.15) is 48.3 Å². The van der Waals surface area contributed by atoms with Gasteiger partial charge in [0.2, 0.25) is 0 Å². The van der Waals surface area contributed by atoms with Crippen molar-refractivity contribution in [1.29, 1.82) is 0 Å². The zero-order valence-corrected chi connectivity index (χ0v) is 17.6. The molecule has 0 unspecified atom stereocenters. The van der Waals surface area contributed by atoms with Crippen LogP contribution < -0.4 is 10.1 Å². The maximum Gasteiger partial charge on any atom is 0.514 e. The molecule has 12 heteroatoms. The second kappa shape index (κ2) is 9.42. The minimum absolute atomic E-state index is 0.0945. The van der Waals surface area contributed by atoms with E-state index in [1.54, 1.807) is 0 Å². The van der Waals surface area contributed by atoms with Gasteiger partial charge in [-0.1, -0.05) is 0 Å². The summed E-state index contributed by atoms with van der Waals surface area (Å²) in [5, 5.41) is 20.9. The summed E-state index contributed by atoms with van der Waals surface area (Å²) in [5.74, 6) is 1.14. The van der Waals surface area contributed by atoms with Crippen LogP contribution in [-0.4, -0.2) is 43.1 Å². The summed E-state index contributed by atoms with van der Waals surface area (Å²) in [4.78, 5) is 41.7. The fourth-order valence-electron chi connectivity index (χ4n) is 3.54. The summed E-state index contributed by atoms with van der Waals surface area (Å²) in [6, 6.07) is 7.04. The number of hydrogen-bond acceptors (Lipinski definition) is 10. The fraction of sp³-hybridized carbons (Fsp3) is 0.286. The van der Waals surface area contributed by atoms with Crippen molar-refractivity contribution in [3.05, 3.63) is 64.2 Å². The smallest absolute Gasteiger partial charge is 0.431 e. The van der Waals surface area contributed by atoms with Crippen molar-refractivity contribution in [3.63, 3.8) is 0 Å². The molecule has 12 nitrogen and oxygen atoms in total. The Hall–Kier alpha value is -4.35. The van der Waals surface area contributed by atoms with Crippen LogP contribution >= 0.6 is 0 Å². The standard InChI is InChI=1S/C21H20N6O6/c1-12(28)18-10-23-20(11-22-18)24-19-9-17(25-26-19)13-2-5-16(8-13)33-21(29)32-15-6-3-14(4-7-15)27(30)31/h3-4,6-7,9-11,13,16H,2,5,8H2,1H3,(H2,23,24,25,26)/t13-,16+/m0/s1. The van der Waals surface area contributed by atoms with E-state index in [-0.39, 0.29) is 34.9 Å². The molecule has 0 aliphatic heterocycles. The third kappa shape index (κ3) is 5.47. The van der Waals surface area contributed by atoms with Gasteiger partial charge in [0, 0.05) is 36.7 Å². The number of ketones is 1. The first-order chi connectivity index (χ1) is 15.9. The highest BCUT2D eigenvalue weighted by atomic mass is 16.7. The Bertz CT molecular complexity index is 1160. The SMILES string of the molecule is CC(=O)c1cnc(Nc2cc([C@H]3CC[C@@H](OC(=O)Oc4ccc([N+](=O)[O-])cc4)C3)[nH]n2)cn1. The number of benzene rings is 1. The maximum atomic E-state index is 12.1. The number of rotatable bonds is 7. The highest BCUT2D eigenvalue weighted by molar-refractivity contribution is 5.91. The minimum Gasteiger partial charge on any atom is -0.431 e.